The van der Waals surface area contributed by atoms with Gasteiger partial charge in [-0.25, -0.2) is 0 Å². The van der Waals surface area contributed by atoms with Gasteiger partial charge in [-0.1, -0.05) is 18.2 Å². The van der Waals surface area contributed by atoms with Crippen LogP contribution in [-0.2, 0) is 0 Å². The topological polar surface area (TPSA) is 84.3 Å². The lowest BCUT2D eigenvalue weighted by Gasteiger charge is -2.14. The van der Waals surface area contributed by atoms with Crippen LogP contribution in [0.4, 0.5) is 0 Å². The minimum absolute atomic E-state index is 0.136. The number of rotatable bonds is 5. The molecule has 1 atom stereocenters. The molecule has 7 heteroatoms. The number of hydrogen-bond donors (Lipinski definition) is 2. The highest BCUT2D eigenvalue weighted by atomic mass is 32.1. The molecular formula is C12H15N3O3S. The summed E-state index contributed by atoms with van der Waals surface area (Å²) in [7, 11) is 0. The third-order valence-corrected chi connectivity index (χ3v) is 2.61. The summed E-state index contributed by atoms with van der Waals surface area (Å²) in [5, 5.41) is 15.8. The molecule has 6 nitrogen and oxygen atoms in total. The fourth-order valence-electron chi connectivity index (χ4n) is 1.40. The number of amides is 1. The zero-order chi connectivity index (χ0) is 14.3. The van der Waals surface area contributed by atoms with Gasteiger partial charge in [0.2, 0.25) is 6.54 Å². The molecule has 0 aromatic heterocycles. The maximum absolute atomic E-state index is 11.8. The highest BCUT2D eigenvalue weighted by molar-refractivity contribution is 7.80. The second kappa shape index (κ2) is 7.42. The lowest BCUT2D eigenvalue weighted by molar-refractivity contribution is -0.480. The van der Waals surface area contributed by atoms with Crippen molar-refractivity contribution >= 4 is 23.2 Å². The van der Waals surface area contributed by atoms with E-state index >= 15 is 0 Å². The number of thiocarbonyl (C=S) groups is 1. The molecule has 1 unspecified atom stereocenters. The summed E-state index contributed by atoms with van der Waals surface area (Å²) in [6.45, 7) is 1.63. The first-order valence-corrected chi connectivity index (χ1v) is 6.18. The van der Waals surface area contributed by atoms with Crippen molar-refractivity contribution in [1.82, 2.24) is 10.6 Å². The van der Waals surface area contributed by atoms with Gasteiger partial charge in [-0.3, -0.25) is 20.2 Å². The van der Waals surface area contributed by atoms with Crippen molar-refractivity contribution in [1.29, 1.82) is 0 Å². The average Bonchev–Trinajstić information content (AvgIpc) is 2.37. The van der Waals surface area contributed by atoms with E-state index in [0.29, 0.717) is 12.0 Å². The highest BCUT2D eigenvalue weighted by Crippen LogP contribution is 1.98. The van der Waals surface area contributed by atoms with Crippen molar-refractivity contribution in [3.8, 4) is 0 Å². The number of carbonyl (C=O) groups excluding carboxylic acids is 1. The Morgan fingerprint density at radius 2 is 2.05 bits per heavy atom. The molecule has 0 aliphatic rings. The van der Waals surface area contributed by atoms with Gasteiger partial charge < -0.3 is 5.32 Å². The Balaban J connectivity index is 2.39. The van der Waals surface area contributed by atoms with Crippen molar-refractivity contribution in [2.75, 3.05) is 6.54 Å². The summed E-state index contributed by atoms with van der Waals surface area (Å²) < 4.78 is 0. The third kappa shape index (κ3) is 5.91. The maximum Gasteiger partial charge on any atom is 0.257 e. The van der Waals surface area contributed by atoms with E-state index in [2.05, 4.69) is 10.6 Å². The van der Waals surface area contributed by atoms with Crippen LogP contribution in [0.1, 0.15) is 23.7 Å². The number of carbonyl (C=O) groups is 1. The van der Waals surface area contributed by atoms with Crippen LogP contribution in [0.3, 0.4) is 0 Å². The fraction of sp³-hybridized carbons (Fsp3) is 0.333. The summed E-state index contributed by atoms with van der Waals surface area (Å²) in [6, 6.07) is 8.50. The van der Waals surface area contributed by atoms with Crippen molar-refractivity contribution < 1.29 is 9.72 Å². The lowest BCUT2D eigenvalue weighted by atomic mass is 10.2. The Morgan fingerprint density at radius 3 is 2.63 bits per heavy atom. The molecule has 0 aliphatic carbocycles. The van der Waals surface area contributed by atoms with Gasteiger partial charge in [-0.15, -0.1) is 0 Å². The van der Waals surface area contributed by atoms with E-state index in [1.165, 1.54) is 0 Å². The van der Waals surface area contributed by atoms with Gasteiger partial charge in [0.25, 0.3) is 5.91 Å². The Kier molecular flexibility index (Phi) is 5.87. The molecule has 0 saturated heterocycles. The zero-order valence-electron chi connectivity index (χ0n) is 10.5. The van der Waals surface area contributed by atoms with Crippen LogP contribution < -0.4 is 10.6 Å². The second-order valence-corrected chi connectivity index (χ2v) is 4.45. The minimum atomic E-state index is -0.385. The van der Waals surface area contributed by atoms with E-state index in [9.17, 15) is 14.9 Å². The maximum atomic E-state index is 11.8. The zero-order valence-corrected chi connectivity index (χ0v) is 11.3. The van der Waals surface area contributed by atoms with Gasteiger partial charge in [0.1, 0.15) is 0 Å². The monoisotopic (exact) mass is 281 g/mol. The predicted molar refractivity (Wildman–Crippen MR) is 75.6 cm³/mol. The van der Waals surface area contributed by atoms with Gasteiger partial charge >= 0.3 is 0 Å². The molecule has 0 radical (unpaired) electrons. The van der Waals surface area contributed by atoms with Gasteiger partial charge in [0.15, 0.2) is 5.11 Å². The van der Waals surface area contributed by atoms with E-state index in [0.717, 1.165) is 0 Å². The number of nitrogens with zero attached hydrogens (tertiary/aromatic N) is 1. The molecule has 102 valence electrons. The first kappa shape index (κ1) is 15.0. The number of benzene rings is 1. The molecule has 0 fully saturated rings. The fourth-order valence-corrected chi connectivity index (χ4v) is 1.69. The van der Waals surface area contributed by atoms with Crippen LogP contribution in [0.5, 0.6) is 0 Å². The summed E-state index contributed by atoms with van der Waals surface area (Å²) in [5.74, 6) is -0.306. The van der Waals surface area contributed by atoms with Crippen LogP contribution >= 0.6 is 12.2 Å². The lowest BCUT2D eigenvalue weighted by Crippen LogP contribution is -2.43. The first-order chi connectivity index (χ1) is 8.99. The van der Waals surface area contributed by atoms with Crippen LogP contribution in [-0.4, -0.2) is 28.5 Å². The molecule has 0 aliphatic heterocycles. The van der Waals surface area contributed by atoms with Crippen molar-refractivity contribution in [2.24, 2.45) is 0 Å². The predicted octanol–water partition coefficient (Wildman–Crippen LogP) is 1.35. The highest BCUT2D eigenvalue weighted by Gasteiger charge is 2.11. The number of nitrogens with one attached hydrogen (secondary N) is 2. The molecule has 2 N–H and O–H groups in total. The van der Waals surface area contributed by atoms with Gasteiger partial charge in [-0.2, -0.15) is 0 Å². The molecule has 0 heterocycles. The van der Waals surface area contributed by atoms with E-state index in [1.807, 2.05) is 6.07 Å². The first-order valence-electron chi connectivity index (χ1n) is 5.77. The molecule has 0 spiro atoms. The van der Waals surface area contributed by atoms with Crippen molar-refractivity contribution in [3.05, 3.63) is 46.0 Å². The minimum Gasteiger partial charge on any atom is -0.360 e. The quantitative estimate of drug-likeness (QED) is 0.483. The van der Waals surface area contributed by atoms with Gasteiger partial charge in [0, 0.05) is 22.9 Å². The van der Waals surface area contributed by atoms with Crippen LogP contribution in [0, 0.1) is 10.1 Å². The van der Waals surface area contributed by atoms with E-state index < -0.39 is 0 Å². The Hall–Kier alpha value is -2.02. The molecule has 1 rings (SSSR count). The van der Waals surface area contributed by atoms with Crippen LogP contribution in [0.15, 0.2) is 30.3 Å². The smallest absolute Gasteiger partial charge is 0.257 e. The van der Waals surface area contributed by atoms with E-state index in [-0.39, 0.29) is 28.5 Å². The van der Waals surface area contributed by atoms with E-state index in [4.69, 9.17) is 12.2 Å². The molecule has 1 amide bonds. The number of nitro groups is 1. The average molecular weight is 281 g/mol. The SMILES string of the molecule is CC(CC[N+](=O)[O-])NC(=S)NC(=O)c1ccccc1. The van der Waals surface area contributed by atoms with Gasteiger partial charge in [-0.05, 0) is 31.3 Å². The Bertz CT molecular complexity index is 465. The molecule has 1 aromatic rings. The molecule has 1 aromatic carbocycles. The van der Waals surface area contributed by atoms with E-state index in [1.54, 1.807) is 31.2 Å². The van der Waals surface area contributed by atoms with Crippen molar-refractivity contribution in [2.45, 2.75) is 19.4 Å². The molecular weight excluding hydrogens is 266 g/mol. The Labute approximate surface area is 116 Å². The normalized spacial score (nSPS) is 11.4. The summed E-state index contributed by atoms with van der Waals surface area (Å²) in [5.41, 5.74) is 0.504. The largest absolute Gasteiger partial charge is 0.360 e. The third-order valence-electron chi connectivity index (χ3n) is 2.39. The van der Waals surface area contributed by atoms with Crippen LogP contribution in [0.25, 0.3) is 0 Å². The standard InChI is InChI=1S/C12H15N3O3S/c1-9(7-8-15(17)18)13-12(19)14-11(16)10-5-3-2-4-6-10/h2-6,9H,7-8H2,1H3,(H2,13,14,16,19). The summed E-state index contributed by atoms with van der Waals surface area (Å²) in [4.78, 5) is 21.6. The summed E-state index contributed by atoms with van der Waals surface area (Å²) in [6.07, 6.45) is 0.342. The summed E-state index contributed by atoms with van der Waals surface area (Å²) >= 11 is 4.97. The van der Waals surface area contributed by atoms with Crippen LogP contribution in [0.2, 0.25) is 0 Å². The molecule has 0 bridgehead atoms. The Morgan fingerprint density at radius 1 is 1.42 bits per heavy atom. The number of hydrogen-bond acceptors (Lipinski definition) is 4. The molecule has 19 heavy (non-hydrogen) atoms. The van der Waals surface area contributed by atoms with Crippen molar-refractivity contribution in [3.63, 3.8) is 0 Å². The second-order valence-electron chi connectivity index (χ2n) is 4.04. The van der Waals surface area contributed by atoms with Gasteiger partial charge in [0.05, 0.1) is 0 Å². The molecule has 0 saturated carbocycles.